The quantitative estimate of drug-likeness (QED) is 0.921. The van der Waals surface area contributed by atoms with Crippen LogP contribution in [0.2, 0.25) is 0 Å². The molecule has 1 aromatic heterocycles. The van der Waals surface area contributed by atoms with Crippen LogP contribution >= 0.6 is 11.3 Å². The zero-order chi connectivity index (χ0) is 14.9. The number of hydrogen-bond donors (Lipinski definition) is 1. The van der Waals surface area contributed by atoms with E-state index in [-0.39, 0.29) is 29.7 Å². The van der Waals surface area contributed by atoms with Crippen molar-refractivity contribution in [3.05, 3.63) is 5.01 Å². The minimum absolute atomic E-state index is 0.0316. The van der Waals surface area contributed by atoms with Gasteiger partial charge in [-0.05, 0) is 27.2 Å². The number of hydrogen-bond acceptors (Lipinski definition) is 5. The van der Waals surface area contributed by atoms with Gasteiger partial charge in [-0.2, -0.15) is 0 Å². The highest BCUT2D eigenvalue weighted by Crippen LogP contribution is 2.27. The van der Waals surface area contributed by atoms with Crippen LogP contribution in [0.25, 0.3) is 0 Å². The van der Waals surface area contributed by atoms with E-state index < -0.39 is 0 Å². The average molecular weight is 296 g/mol. The Balaban J connectivity index is 1.99. The van der Waals surface area contributed by atoms with Crippen molar-refractivity contribution in [3.8, 4) is 0 Å². The maximum absolute atomic E-state index is 12.2. The lowest BCUT2D eigenvalue weighted by atomic mass is 10.1. The lowest BCUT2D eigenvalue weighted by Gasteiger charge is -2.31. The predicted molar refractivity (Wildman–Crippen MR) is 77.5 cm³/mol. The van der Waals surface area contributed by atoms with Crippen LogP contribution in [0.5, 0.6) is 0 Å². The molecule has 0 bridgehead atoms. The van der Waals surface area contributed by atoms with Crippen molar-refractivity contribution >= 4 is 28.3 Å². The van der Waals surface area contributed by atoms with Crippen LogP contribution < -0.4 is 5.32 Å². The van der Waals surface area contributed by atoms with E-state index in [2.05, 4.69) is 15.5 Å². The Bertz CT molecular complexity index is 521. The Morgan fingerprint density at radius 2 is 2.15 bits per heavy atom. The summed E-state index contributed by atoms with van der Waals surface area (Å²) in [4.78, 5) is 25.9. The van der Waals surface area contributed by atoms with Gasteiger partial charge in [-0.25, -0.2) is 0 Å². The van der Waals surface area contributed by atoms with Gasteiger partial charge in [0.15, 0.2) is 0 Å². The van der Waals surface area contributed by atoms with Gasteiger partial charge in [0.2, 0.25) is 16.9 Å². The molecule has 1 fully saturated rings. The van der Waals surface area contributed by atoms with E-state index in [1.165, 1.54) is 11.3 Å². The number of likely N-dealkylation sites (tertiary alicyclic amines) is 1. The van der Waals surface area contributed by atoms with Crippen LogP contribution in [0.4, 0.5) is 5.13 Å². The molecule has 0 aliphatic carbocycles. The Morgan fingerprint density at radius 1 is 1.45 bits per heavy atom. The lowest BCUT2D eigenvalue weighted by Crippen LogP contribution is -2.42. The first-order chi connectivity index (χ1) is 9.31. The highest BCUT2D eigenvalue weighted by atomic mass is 32.1. The largest absolute Gasteiger partial charge is 0.337 e. The molecule has 7 heteroatoms. The van der Waals surface area contributed by atoms with Crippen LogP contribution in [-0.2, 0) is 16.0 Å². The molecule has 20 heavy (non-hydrogen) atoms. The van der Waals surface area contributed by atoms with E-state index in [4.69, 9.17) is 0 Å². The summed E-state index contributed by atoms with van der Waals surface area (Å²) in [6.45, 7) is 8.38. The van der Waals surface area contributed by atoms with E-state index >= 15 is 0 Å². The second-order valence-corrected chi connectivity index (χ2v) is 6.98. The van der Waals surface area contributed by atoms with Crippen molar-refractivity contribution in [2.45, 2.75) is 46.1 Å². The fraction of sp³-hybridized carbons (Fsp3) is 0.692. The molecule has 2 amide bonds. The Kier molecular flexibility index (Phi) is 4.08. The third-order valence-electron chi connectivity index (χ3n) is 3.31. The maximum atomic E-state index is 12.2. The van der Waals surface area contributed by atoms with Crippen LogP contribution in [-0.4, -0.2) is 39.0 Å². The summed E-state index contributed by atoms with van der Waals surface area (Å²) in [5, 5.41) is 12.0. The minimum Gasteiger partial charge on any atom is -0.337 e. The molecular formula is C13H20N4O2S. The second-order valence-electron chi connectivity index (χ2n) is 5.92. The minimum atomic E-state index is -0.310. The zero-order valence-corrected chi connectivity index (χ0v) is 13.1. The summed E-state index contributed by atoms with van der Waals surface area (Å²) >= 11 is 1.37. The number of aromatic nitrogens is 2. The SMILES string of the molecule is CCc1nnc(NC(=O)[C@H]2CC(=O)N(C(C)(C)C)C2)s1. The van der Waals surface area contributed by atoms with Crippen LogP contribution in [0.3, 0.4) is 0 Å². The van der Waals surface area contributed by atoms with E-state index in [1.807, 2.05) is 27.7 Å². The van der Waals surface area contributed by atoms with E-state index in [0.717, 1.165) is 11.4 Å². The fourth-order valence-electron chi connectivity index (χ4n) is 2.19. The molecule has 0 radical (unpaired) electrons. The van der Waals surface area contributed by atoms with Gasteiger partial charge >= 0.3 is 0 Å². The summed E-state index contributed by atoms with van der Waals surface area (Å²) in [5.74, 6) is -0.427. The molecule has 0 aromatic carbocycles. The van der Waals surface area contributed by atoms with Gasteiger partial charge in [0.1, 0.15) is 5.01 Å². The zero-order valence-electron chi connectivity index (χ0n) is 12.3. The number of carbonyl (C=O) groups is 2. The number of nitrogens with one attached hydrogen (secondary N) is 1. The molecule has 1 N–H and O–H groups in total. The van der Waals surface area contributed by atoms with Gasteiger partial charge in [0.25, 0.3) is 0 Å². The number of aryl methyl sites for hydroxylation is 1. The first-order valence-corrected chi connectivity index (χ1v) is 7.56. The van der Waals surface area contributed by atoms with Gasteiger partial charge in [-0.1, -0.05) is 18.3 Å². The molecule has 1 aliphatic rings. The summed E-state index contributed by atoms with van der Waals surface area (Å²) in [6.07, 6.45) is 1.07. The van der Waals surface area contributed by atoms with Crippen molar-refractivity contribution in [2.75, 3.05) is 11.9 Å². The summed E-state index contributed by atoms with van der Waals surface area (Å²) < 4.78 is 0. The van der Waals surface area contributed by atoms with Crippen LogP contribution in [0.1, 0.15) is 39.1 Å². The average Bonchev–Trinajstić information content (AvgIpc) is 2.94. The van der Waals surface area contributed by atoms with E-state index in [1.54, 1.807) is 4.90 Å². The van der Waals surface area contributed by atoms with Crippen molar-refractivity contribution in [1.29, 1.82) is 0 Å². The van der Waals surface area contributed by atoms with Crippen molar-refractivity contribution in [3.63, 3.8) is 0 Å². The van der Waals surface area contributed by atoms with Gasteiger partial charge in [-0.15, -0.1) is 10.2 Å². The third kappa shape index (κ3) is 3.15. The Hall–Kier alpha value is -1.50. The number of amides is 2. The molecule has 0 spiro atoms. The fourth-order valence-corrected chi connectivity index (χ4v) is 2.87. The molecule has 2 rings (SSSR count). The molecule has 2 heterocycles. The van der Waals surface area contributed by atoms with E-state index in [0.29, 0.717) is 11.7 Å². The first kappa shape index (κ1) is 14.9. The van der Waals surface area contributed by atoms with Crippen molar-refractivity contribution < 1.29 is 9.59 Å². The first-order valence-electron chi connectivity index (χ1n) is 6.75. The molecule has 1 saturated heterocycles. The van der Waals surface area contributed by atoms with E-state index in [9.17, 15) is 9.59 Å². The monoisotopic (exact) mass is 296 g/mol. The predicted octanol–water partition coefficient (Wildman–Crippen LogP) is 1.69. The Morgan fingerprint density at radius 3 is 2.65 bits per heavy atom. The van der Waals surface area contributed by atoms with Crippen LogP contribution in [0, 0.1) is 5.92 Å². The maximum Gasteiger partial charge on any atom is 0.231 e. The smallest absolute Gasteiger partial charge is 0.231 e. The number of anilines is 1. The normalized spacial score (nSPS) is 19.5. The molecule has 0 saturated carbocycles. The highest BCUT2D eigenvalue weighted by molar-refractivity contribution is 7.15. The molecule has 110 valence electrons. The standard InChI is InChI=1S/C13H20N4O2S/c1-5-9-15-16-12(20-9)14-11(19)8-6-10(18)17(7-8)13(2,3)4/h8H,5-7H2,1-4H3,(H,14,16,19)/t8-/m0/s1. The van der Waals surface area contributed by atoms with Crippen molar-refractivity contribution in [1.82, 2.24) is 15.1 Å². The third-order valence-corrected chi connectivity index (χ3v) is 4.29. The molecule has 1 aliphatic heterocycles. The number of nitrogens with zero attached hydrogens (tertiary/aromatic N) is 3. The summed E-state index contributed by atoms with van der Waals surface area (Å²) in [5.41, 5.74) is -0.246. The number of rotatable bonds is 3. The van der Waals surface area contributed by atoms with Gasteiger partial charge in [0, 0.05) is 18.5 Å². The second kappa shape index (κ2) is 5.47. The topological polar surface area (TPSA) is 75.2 Å². The molecular weight excluding hydrogens is 276 g/mol. The number of carbonyl (C=O) groups excluding carboxylic acids is 2. The summed E-state index contributed by atoms with van der Waals surface area (Å²) in [7, 11) is 0. The van der Waals surface area contributed by atoms with Gasteiger partial charge in [-0.3, -0.25) is 9.59 Å². The van der Waals surface area contributed by atoms with Gasteiger partial charge < -0.3 is 10.2 Å². The molecule has 0 unspecified atom stereocenters. The Labute approximate surface area is 122 Å². The van der Waals surface area contributed by atoms with Gasteiger partial charge in [0.05, 0.1) is 5.92 Å². The van der Waals surface area contributed by atoms with Crippen LogP contribution in [0.15, 0.2) is 0 Å². The molecule has 6 nitrogen and oxygen atoms in total. The summed E-state index contributed by atoms with van der Waals surface area (Å²) in [6, 6.07) is 0. The highest BCUT2D eigenvalue weighted by Gasteiger charge is 2.39. The molecule has 1 aromatic rings. The lowest BCUT2D eigenvalue weighted by molar-refractivity contribution is -0.131. The molecule has 1 atom stereocenters. The van der Waals surface area contributed by atoms with Crippen molar-refractivity contribution in [2.24, 2.45) is 5.92 Å².